The average molecular weight is 499 g/mol. The summed E-state index contributed by atoms with van der Waals surface area (Å²) in [5, 5.41) is 10.1. The Morgan fingerprint density at radius 2 is 1.76 bits per heavy atom. The Hall–Kier alpha value is -2.72. The minimum Gasteiger partial charge on any atom is -0.508 e. The number of ether oxygens (including phenoxy) is 1. The number of sulfonamides is 1. The number of carbonyl (C=O) groups excluding carboxylic acids is 1. The smallest absolute Gasteiger partial charge is 0.340 e. The molecule has 178 valence electrons. The number of phenols is 1. The maximum absolute atomic E-state index is 13.8. The van der Waals surface area contributed by atoms with Crippen molar-refractivity contribution in [3.8, 4) is 5.75 Å². The van der Waals surface area contributed by atoms with Gasteiger partial charge in [0.1, 0.15) is 9.96 Å². The number of methoxy groups -OCH3 is 1. The Balaban J connectivity index is 1.47. The van der Waals surface area contributed by atoms with Crippen molar-refractivity contribution in [2.75, 3.05) is 20.2 Å². The van der Waals surface area contributed by atoms with E-state index in [2.05, 4.69) is 4.90 Å². The van der Waals surface area contributed by atoms with Gasteiger partial charge in [-0.1, -0.05) is 42.5 Å². The van der Waals surface area contributed by atoms with Crippen LogP contribution in [0.5, 0.6) is 5.75 Å². The van der Waals surface area contributed by atoms with Gasteiger partial charge in [-0.2, -0.15) is 4.31 Å². The van der Waals surface area contributed by atoms with Gasteiger partial charge in [0.25, 0.3) is 10.0 Å². The Morgan fingerprint density at radius 3 is 2.53 bits per heavy atom. The van der Waals surface area contributed by atoms with Gasteiger partial charge in [0, 0.05) is 43.2 Å². The Labute approximate surface area is 203 Å². The molecule has 0 amide bonds. The predicted molar refractivity (Wildman–Crippen MR) is 129 cm³/mol. The number of nitrogens with zero attached hydrogens (tertiary/aromatic N) is 2. The molecule has 9 heteroatoms. The van der Waals surface area contributed by atoms with Crippen LogP contribution in [0.1, 0.15) is 37.5 Å². The number of aromatic hydroxyl groups is 1. The van der Waals surface area contributed by atoms with Crippen molar-refractivity contribution in [2.45, 2.75) is 36.7 Å². The first kappa shape index (κ1) is 23.0. The molecule has 0 aliphatic carbocycles. The summed E-state index contributed by atoms with van der Waals surface area (Å²) < 4.78 is 34.1. The first-order valence-corrected chi connectivity index (χ1v) is 13.4. The molecule has 5 rings (SSSR count). The van der Waals surface area contributed by atoms with E-state index in [9.17, 15) is 18.3 Å². The highest BCUT2D eigenvalue weighted by atomic mass is 32.2. The van der Waals surface area contributed by atoms with Gasteiger partial charge in [-0.05, 0) is 35.6 Å². The molecule has 0 spiro atoms. The second-order valence-corrected chi connectivity index (χ2v) is 11.8. The van der Waals surface area contributed by atoms with Crippen LogP contribution < -0.4 is 0 Å². The number of esters is 1. The fourth-order valence-corrected chi connectivity index (χ4v) is 8.22. The van der Waals surface area contributed by atoms with E-state index in [4.69, 9.17) is 4.74 Å². The molecule has 0 saturated heterocycles. The molecule has 1 N–H and O–H groups in total. The van der Waals surface area contributed by atoms with Crippen molar-refractivity contribution in [2.24, 2.45) is 0 Å². The Morgan fingerprint density at radius 1 is 1.03 bits per heavy atom. The third kappa shape index (κ3) is 4.13. The van der Waals surface area contributed by atoms with Gasteiger partial charge in [0.2, 0.25) is 0 Å². The van der Waals surface area contributed by atoms with E-state index in [1.54, 1.807) is 12.1 Å². The zero-order valence-electron chi connectivity index (χ0n) is 18.9. The van der Waals surface area contributed by atoms with Crippen LogP contribution in [0, 0.1) is 0 Å². The number of hydrogen-bond donors (Lipinski definition) is 1. The van der Waals surface area contributed by atoms with Gasteiger partial charge in [-0.3, -0.25) is 4.90 Å². The number of thiophene rings is 1. The van der Waals surface area contributed by atoms with E-state index < -0.39 is 16.0 Å². The first-order valence-electron chi connectivity index (χ1n) is 11.2. The summed E-state index contributed by atoms with van der Waals surface area (Å²) in [6, 6.07) is 15.1. The largest absolute Gasteiger partial charge is 0.508 e. The topological polar surface area (TPSA) is 87.2 Å². The zero-order valence-corrected chi connectivity index (χ0v) is 20.5. The highest BCUT2D eigenvalue weighted by molar-refractivity contribution is 7.91. The number of phenolic OH excluding ortho intramolecular Hbond substituents is 1. The zero-order chi connectivity index (χ0) is 23.9. The van der Waals surface area contributed by atoms with Gasteiger partial charge < -0.3 is 9.84 Å². The molecule has 34 heavy (non-hydrogen) atoms. The third-order valence-corrected chi connectivity index (χ3v) is 10.1. The lowest BCUT2D eigenvalue weighted by Crippen LogP contribution is -2.36. The highest BCUT2D eigenvalue weighted by Gasteiger charge is 2.38. The van der Waals surface area contributed by atoms with Crippen molar-refractivity contribution >= 4 is 27.3 Å². The lowest BCUT2D eigenvalue weighted by Gasteiger charge is -2.28. The fraction of sp³-hybridized carbons (Fsp3) is 0.320. The second-order valence-electron chi connectivity index (χ2n) is 8.60. The van der Waals surface area contributed by atoms with Crippen molar-refractivity contribution in [1.29, 1.82) is 0 Å². The van der Waals surface area contributed by atoms with E-state index >= 15 is 0 Å². The fourth-order valence-electron chi connectivity index (χ4n) is 4.73. The maximum atomic E-state index is 13.8. The normalized spacial score (nSPS) is 16.6. The summed E-state index contributed by atoms with van der Waals surface area (Å²) in [5.74, 6) is -0.369. The monoisotopic (exact) mass is 498 g/mol. The number of rotatable bonds is 5. The lowest BCUT2D eigenvalue weighted by atomic mass is 10.0. The van der Waals surface area contributed by atoms with Crippen LogP contribution >= 0.6 is 11.3 Å². The number of hydrogen-bond acceptors (Lipinski definition) is 7. The van der Waals surface area contributed by atoms with Crippen molar-refractivity contribution < 1.29 is 23.1 Å². The van der Waals surface area contributed by atoms with E-state index in [1.807, 2.05) is 36.4 Å². The van der Waals surface area contributed by atoms with Crippen LogP contribution in [0.2, 0.25) is 0 Å². The van der Waals surface area contributed by atoms with Gasteiger partial charge in [-0.25, -0.2) is 13.2 Å². The number of fused-ring (bicyclic) bond motifs is 2. The third-order valence-electron chi connectivity index (χ3n) is 6.55. The van der Waals surface area contributed by atoms with Gasteiger partial charge in [0.15, 0.2) is 0 Å². The van der Waals surface area contributed by atoms with Gasteiger partial charge in [0.05, 0.1) is 12.7 Å². The van der Waals surface area contributed by atoms with E-state index in [1.165, 1.54) is 22.8 Å². The van der Waals surface area contributed by atoms with Crippen molar-refractivity contribution in [3.05, 3.63) is 81.2 Å². The quantitative estimate of drug-likeness (QED) is 0.542. The first-order chi connectivity index (χ1) is 16.4. The molecule has 3 heterocycles. The molecule has 1 aromatic heterocycles. The molecule has 0 radical (unpaired) electrons. The van der Waals surface area contributed by atoms with Gasteiger partial charge >= 0.3 is 5.97 Å². The molecule has 2 aliphatic rings. The molecule has 7 nitrogen and oxygen atoms in total. The molecule has 0 unspecified atom stereocenters. The van der Waals surface area contributed by atoms with Gasteiger partial charge in [-0.15, -0.1) is 11.3 Å². The molecule has 0 fully saturated rings. The summed E-state index contributed by atoms with van der Waals surface area (Å²) >= 11 is 1.17. The average Bonchev–Trinajstić information content (AvgIpc) is 3.24. The van der Waals surface area contributed by atoms with Crippen LogP contribution in [0.25, 0.3) is 0 Å². The molecule has 3 aromatic rings. The lowest BCUT2D eigenvalue weighted by molar-refractivity contribution is 0.0595. The molecule has 2 aromatic carbocycles. The van der Waals surface area contributed by atoms with Crippen molar-refractivity contribution in [1.82, 2.24) is 9.21 Å². The summed E-state index contributed by atoms with van der Waals surface area (Å²) in [7, 11) is -2.59. The minimum atomic E-state index is -3.88. The standard InChI is InChI=1S/C25H26N2O5S2/c1-32-24(29)23-20-11-12-26(14-19-8-4-5-9-21(19)28)16-22(20)33-25(23)34(30,31)27-13-10-17-6-2-3-7-18(17)15-27/h2-9,28H,10-16H2,1H3. The molecule has 0 bridgehead atoms. The van der Waals surface area contributed by atoms with Crippen LogP contribution in [-0.2, 0) is 47.2 Å². The van der Waals surface area contributed by atoms with E-state index in [0.29, 0.717) is 45.6 Å². The van der Waals surface area contributed by atoms with E-state index in [-0.39, 0.29) is 15.5 Å². The molecular weight excluding hydrogens is 472 g/mol. The van der Waals surface area contributed by atoms with Crippen molar-refractivity contribution in [3.63, 3.8) is 0 Å². The summed E-state index contributed by atoms with van der Waals surface area (Å²) in [4.78, 5) is 15.8. The molecule has 0 saturated carbocycles. The van der Waals surface area contributed by atoms with Crippen LogP contribution in [-0.4, -0.2) is 48.9 Å². The SMILES string of the molecule is COC(=O)c1c(S(=O)(=O)N2CCc3ccccc3C2)sc2c1CCN(Cc1ccccc1O)C2. The summed E-state index contributed by atoms with van der Waals surface area (Å²) in [6.45, 7) is 2.38. The van der Waals surface area contributed by atoms with Crippen LogP contribution in [0.15, 0.2) is 52.7 Å². The maximum Gasteiger partial charge on any atom is 0.340 e. The molecule has 0 atom stereocenters. The number of para-hydroxylation sites is 1. The Kier molecular flexibility index (Phi) is 6.20. The second kappa shape index (κ2) is 9.14. The minimum absolute atomic E-state index is 0.0770. The number of carbonyl (C=O) groups is 1. The van der Waals surface area contributed by atoms with Crippen LogP contribution in [0.3, 0.4) is 0 Å². The summed E-state index contributed by atoms with van der Waals surface area (Å²) in [6.07, 6.45) is 1.19. The predicted octanol–water partition coefficient (Wildman–Crippen LogP) is 3.55. The summed E-state index contributed by atoms with van der Waals surface area (Å²) in [5.41, 5.74) is 3.92. The number of benzene rings is 2. The Bertz CT molecular complexity index is 1350. The van der Waals surface area contributed by atoms with E-state index in [0.717, 1.165) is 27.1 Å². The molecule has 2 aliphatic heterocycles. The van der Waals surface area contributed by atoms with Crippen LogP contribution in [0.4, 0.5) is 0 Å². The molecular formula is C25H26N2O5S2. The highest BCUT2D eigenvalue weighted by Crippen LogP contribution is 2.39.